The van der Waals surface area contributed by atoms with Crippen LogP contribution in [0.4, 0.5) is 5.69 Å². The predicted octanol–water partition coefficient (Wildman–Crippen LogP) is 0.893. The Morgan fingerprint density at radius 3 is 3.08 bits per heavy atom. The summed E-state index contributed by atoms with van der Waals surface area (Å²) in [5.41, 5.74) is 0.653. The lowest BCUT2D eigenvalue weighted by Gasteiger charge is -2.03. The van der Waals surface area contributed by atoms with Crippen molar-refractivity contribution in [2.45, 2.75) is 0 Å². The van der Waals surface area contributed by atoms with Gasteiger partial charge in [0.15, 0.2) is 0 Å². The van der Waals surface area contributed by atoms with Crippen LogP contribution < -0.4 is 10.6 Å². The number of amides is 1. The first kappa shape index (κ1) is 9.95. The summed E-state index contributed by atoms with van der Waals surface area (Å²) in [6.45, 7) is 0.278. The molecule has 0 saturated heterocycles. The Morgan fingerprint density at radius 1 is 1.69 bits per heavy atom. The van der Waals surface area contributed by atoms with Gasteiger partial charge < -0.3 is 10.6 Å². The molecule has 5 heteroatoms. The van der Waals surface area contributed by atoms with E-state index in [0.717, 1.165) is 0 Å². The Kier molecular flexibility index (Phi) is 3.67. The van der Waals surface area contributed by atoms with Gasteiger partial charge in [0.2, 0.25) is 5.91 Å². The molecule has 1 rings (SSSR count). The number of hydrogen-bond donors (Lipinski definition) is 2. The van der Waals surface area contributed by atoms with Gasteiger partial charge in [-0.1, -0.05) is 11.6 Å². The van der Waals surface area contributed by atoms with Crippen LogP contribution >= 0.6 is 11.6 Å². The zero-order chi connectivity index (χ0) is 9.68. The Balaban J connectivity index is 2.58. The molecule has 0 aliphatic heterocycles. The van der Waals surface area contributed by atoms with Gasteiger partial charge in [-0.2, -0.15) is 0 Å². The van der Waals surface area contributed by atoms with Gasteiger partial charge in [-0.05, 0) is 19.2 Å². The van der Waals surface area contributed by atoms with Crippen LogP contribution in [0.25, 0.3) is 0 Å². The molecule has 0 saturated carbocycles. The number of hydrogen-bond acceptors (Lipinski definition) is 3. The van der Waals surface area contributed by atoms with Crippen molar-refractivity contribution in [1.82, 2.24) is 10.3 Å². The summed E-state index contributed by atoms with van der Waals surface area (Å²) in [6.07, 6.45) is 1.54. The molecular formula is C8H10ClN3O. The second-order valence-electron chi connectivity index (χ2n) is 2.45. The Morgan fingerprint density at radius 2 is 2.46 bits per heavy atom. The molecule has 0 bridgehead atoms. The van der Waals surface area contributed by atoms with E-state index in [1.807, 2.05) is 0 Å². The second-order valence-corrected chi connectivity index (χ2v) is 2.83. The summed E-state index contributed by atoms with van der Waals surface area (Å²) in [6, 6.07) is 3.27. The molecule has 0 spiro atoms. The lowest BCUT2D eigenvalue weighted by Crippen LogP contribution is -2.25. The van der Waals surface area contributed by atoms with E-state index in [1.54, 1.807) is 19.2 Å². The molecule has 2 N–H and O–H groups in total. The molecule has 0 radical (unpaired) electrons. The molecule has 1 aromatic heterocycles. The molecule has 0 aliphatic carbocycles. The third kappa shape index (κ3) is 3.40. The molecule has 13 heavy (non-hydrogen) atoms. The van der Waals surface area contributed by atoms with Crippen LogP contribution in [-0.2, 0) is 4.79 Å². The van der Waals surface area contributed by atoms with E-state index < -0.39 is 0 Å². The van der Waals surface area contributed by atoms with E-state index in [9.17, 15) is 4.79 Å². The van der Waals surface area contributed by atoms with E-state index in [-0.39, 0.29) is 12.5 Å². The van der Waals surface area contributed by atoms with Crippen LogP contribution in [0, 0.1) is 0 Å². The average molecular weight is 200 g/mol. The second kappa shape index (κ2) is 4.79. The lowest BCUT2D eigenvalue weighted by molar-refractivity contribution is -0.115. The fourth-order valence-corrected chi connectivity index (χ4v) is 1.02. The molecule has 1 heterocycles. The van der Waals surface area contributed by atoms with Gasteiger partial charge in [0.25, 0.3) is 0 Å². The van der Waals surface area contributed by atoms with Gasteiger partial charge >= 0.3 is 0 Å². The van der Waals surface area contributed by atoms with Gasteiger partial charge in [0.05, 0.1) is 6.54 Å². The van der Waals surface area contributed by atoms with Gasteiger partial charge in [-0.25, -0.2) is 4.98 Å². The number of rotatable bonds is 3. The first-order valence-corrected chi connectivity index (χ1v) is 4.16. The standard InChI is InChI=1S/C8H10ClN3O/c1-10-5-8(13)12-6-2-3-11-7(9)4-6/h2-4,10H,5H2,1H3,(H,11,12,13). The maximum atomic E-state index is 11.1. The van der Waals surface area contributed by atoms with Gasteiger partial charge in [-0.15, -0.1) is 0 Å². The number of nitrogens with one attached hydrogen (secondary N) is 2. The third-order valence-electron chi connectivity index (χ3n) is 1.35. The van der Waals surface area contributed by atoms with Crippen molar-refractivity contribution in [3.05, 3.63) is 23.5 Å². The average Bonchev–Trinajstić information content (AvgIpc) is 2.04. The zero-order valence-electron chi connectivity index (χ0n) is 7.17. The van der Waals surface area contributed by atoms with E-state index in [1.165, 1.54) is 6.20 Å². The zero-order valence-corrected chi connectivity index (χ0v) is 7.93. The highest BCUT2D eigenvalue weighted by molar-refractivity contribution is 6.29. The molecule has 1 aromatic rings. The number of pyridine rings is 1. The summed E-state index contributed by atoms with van der Waals surface area (Å²) < 4.78 is 0. The smallest absolute Gasteiger partial charge is 0.238 e. The minimum Gasteiger partial charge on any atom is -0.325 e. The maximum absolute atomic E-state index is 11.1. The summed E-state index contributed by atoms with van der Waals surface area (Å²) in [5, 5.41) is 5.76. The van der Waals surface area contributed by atoms with Crippen LogP contribution in [-0.4, -0.2) is 24.5 Å². The first-order valence-electron chi connectivity index (χ1n) is 3.78. The van der Waals surface area contributed by atoms with Crippen molar-refractivity contribution in [3.63, 3.8) is 0 Å². The molecule has 0 aliphatic rings. The minimum atomic E-state index is -0.107. The number of likely N-dealkylation sites (N-methyl/N-ethyl adjacent to an activating group) is 1. The van der Waals surface area contributed by atoms with Crippen molar-refractivity contribution in [2.24, 2.45) is 0 Å². The van der Waals surface area contributed by atoms with E-state index in [0.29, 0.717) is 10.8 Å². The van der Waals surface area contributed by atoms with Crippen LogP contribution in [0.2, 0.25) is 5.15 Å². The molecule has 0 atom stereocenters. The number of carbonyl (C=O) groups is 1. The van der Waals surface area contributed by atoms with Crippen molar-refractivity contribution in [1.29, 1.82) is 0 Å². The third-order valence-corrected chi connectivity index (χ3v) is 1.55. The molecule has 4 nitrogen and oxygen atoms in total. The number of halogens is 1. The Hall–Kier alpha value is -1.13. The predicted molar refractivity (Wildman–Crippen MR) is 51.8 cm³/mol. The molecular weight excluding hydrogens is 190 g/mol. The van der Waals surface area contributed by atoms with E-state index in [2.05, 4.69) is 15.6 Å². The SMILES string of the molecule is CNCC(=O)Nc1ccnc(Cl)c1. The topological polar surface area (TPSA) is 54.0 Å². The Bertz CT molecular complexity index is 303. The van der Waals surface area contributed by atoms with Crippen LogP contribution in [0.1, 0.15) is 0 Å². The van der Waals surface area contributed by atoms with Crippen molar-refractivity contribution < 1.29 is 4.79 Å². The highest BCUT2D eigenvalue weighted by Gasteiger charge is 2.00. The Labute approximate surface area is 81.3 Å². The van der Waals surface area contributed by atoms with Gasteiger partial charge in [0.1, 0.15) is 5.15 Å². The van der Waals surface area contributed by atoms with Crippen LogP contribution in [0.15, 0.2) is 18.3 Å². The summed E-state index contributed by atoms with van der Waals surface area (Å²) in [5.74, 6) is -0.107. The van der Waals surface area contributed by atoms with E-state index in [4.69, 9.17) is 11.6 Å². The maximum Gasteiger partial charge on any atom is 0.238 e. The van der Waals surface area contributed by atoms with E-state index >= 15 is 0 Å². The summed E-state index contributed by atoms with van der Waals surface area (Å²) in [4.78, 5) is 14.9. The lowest BCUT2D eigenvalue weighted by atomic mass is 10.4. The number of aromatic nitrogens is 1. The molecule has 0 fully saturated rings. The molecule has 0 unspecified atom stereocenters. The highest BCUT2D eigenvalue weighted by Crippen LogP contribution is 2.11. The largest absolute Gasteiger partial charge is 0.325 e. The molecule has 1 amide bonds. The van der Waals surface area contributed by atoms with Crippen molar-refractivity contribution in [3.8, 4) is 0 Å². The monoisotopic (exact) mass is 199 g/mol. The van der Waals surface area contributed by atoms with Crippen molar-refractivity contribution >= 4 is 23.2 Å². The number of nitrogens with zero attached hydrogens (tertiary/aromatic N) is 1. The van der Waals surface area contributed by atoms with Crippen LogP contribution in [0.5, 0.6) is 0 Å². The molecule has 0 aromatic carbocycles. The quantitative estimate of drug-likeness (QED) is 0.711. The minimum absolute atomic E-state index is 0.107. The van der Waals surface area contributed by atoms with Crippen molar-refractivity contribution in [2.75, 3.05) is 18.9 Å². The van der Waals surface area contributed by atoms with Gasteiger partial charge in [-0.3, -0.25) is 4.79 Å². The number of anilines is 1. The summed E-state index contributed by atoms with van der Waals surface area (Å²) in [7, 11) is 1.71. The highest BCUT2D eigenvalue weighted by atomic mass is 35.5. The normalized spacial score (nSPS) is 9.69. The summed E-state index contributed by atoms with van der Waals surface area (Å²) >= 11 is 5.63. The number of carbonyl (C=O) groups excluding carboxylic acids is 1. The van der Waals surface area contributed by atoms with Gasteiger partial charge in [0, 0.05) is 11.9 Å². The first-order chi connectivity index (χ1) is 6.22. The molecule has 70 valence electrons. The fraction of sp³-hybridized carbons (Fsp3) is 0.250. The van der Waals surface area contributed by atoms with Crippen LogP contribution in [0.3, 0.4) is 0 Å². The fourth-order valence-electron chi connectivity index (χ4n) is 0.846.